The summed E-state index contributed by atoms with van der Waals surface area (Å²) in [6, 6.07) is 3.37. The Hall–Kier alpha value is -1.94. The molecule has 0 aliphatic heterocycles. The Morgan fingerprint density at radius 1 is 1.43 bits per heavy atom. The number of carbonyl (C=O) groups is 1. The van der Waals surface area contributed by atoms with E-state index in [0.717, 1.165) is 12.1 Å². The van der Waals surface area contributed by atoms with E-state index in [-0.39, 0.29) is 10.3 Å². The van der Waals surface area contributed by atoms with Crippen molar-refractivity contribution in [2.24, 2.45) is 0 Å². The van der Waals surface area contributed by atoms with Crippen molar-refractivity contribution in [1.82, 2.24) is 10.2 Å². The van der Waals surface area contributed by atoms with Crippen molar-refractivity contribution in [2.45, 2.75) is 11.8 Å². The van der Waals surface area contributed by atoms with E-state index in [4.69, 9.17) is 5.11 Å². The third-order valence-electron chi connectivity index (χ3n) is 2.47. The fourth-order valence-corrected chi connectivity index (χ4v) is 3.31. The highest BCUT2D eigenvalue weighted by Crippen LogP contribution is 2.25. The van der Waals surface area contributed by atoms with Gasteiger partial charge in [-0.1, -0.05) is 15.9 Å². The Kier molecular flexibility index (Phi) is 4.01. The number of nitrogens with one attached hydrogen (secondary N) is 2. The van der Waals surface area contributed by atoms with Gasteiger partial charge in [-0.3, -0.25) is 9.82 Å². The molecule has 0 bridgehead atoms. The van der Waals surface area contributed by atoms with Gasteiger partial charge in [0, 0.05) is 16.2 Å². The van der Waals surface area contributed by atoms with E-state index in [2.05, 4.69) is 30.8 Å². The van der Waals surface area contributed by atoms with Crippen molar-refractivity contribution < 1.29 is 22.7 Å². The van der Waals surface area contributed by atoms with Gasteiger partial charge in [0.2, 0.25) is 0 Å². The van der Waals surface area contributed by atoms with E-state index in [9.17, 15) is 17.6 Å². The van der Waals surface area contributed by atoms with Crippen molar-refractivity contribution in [3.63, 3.8) is 0 Å². The fraction of sp³-hybridized carbons (Fsp3) is 0.0909. The van der Waals surface area contributed by atoms with Gasteiger partial charge in [0.05, 0.1) is 5.56 Å². The summed E-state index contributed by atoms with van der Waals surface area (Å²) in [6.45, 7) is 1.66. The summed E-state index contributed by atoms with van der Waals surface area (Å²) < 4.78 is 40.5. The molecule has 10 heteroatoms. The maximum Gasteiger partial charge on any atom is 0.338 e. The van der Waals surface area contributed by atoms with Crippen LogP contribution in [0, 0.1) is 12.7 Å². The fourth-order valence-electron chi connectivity index (χ4n) is 1.58. The minimum atomic E-state index is -4.31. The van der Waals surface area contributed by atoms with E-state index < -0.39 is 32.3 Å². The zero-order valence-corrected chi connectivity index (χ0v) is 12.9. The molecule has 2 rings (SSSR count). The number of halogens is 2. The quantitative estimate of drug-likeness (QED) is 0.755. The van der Waals surface area contributed by atoms with E-state index in [1.807, 2.05) is 0 Å². The smallest absolute Gasteiger partial charge is 0.338 e. The third kappa shape index (κ3) is 3.22. The molecule has 0 saturated carbocycles. The Bertz CT molecular complexity index is 819. The molecule has 3 N–H and O–H groups in total. The summed E-state index contributed by atoms with van der Waals surface area (Å²) in [6.07, 6.45) is 0. The summed E-state index contributed by atoms with van der Waals surface area (Å²) in [5.74, 6) is -2.94. The van der Waals surface area contributed by atoms with Crippen LogP contribution < -0.4 is 4.72 Å². The van der Waals surface area contributed by atoms with Crippen LogP contribution in [0.5, 0.6) is 0 Å². The largest absolute Gasteiger partial charge is 0.478 e. The maximum atomic E-state index is 14.1. The molecule has 0 aliphatic carbocycles. The standard InChI is InChI=1S/C11H9BrFN3O4S/c1-5-2-9(15-14-5)16-21(19,20)8-4-6(12)3-7(10(8)13)11(17)18/h2-4H,1H3,(H,17,18)(H2,14,15,16). The SMILES string of the molecule is Cc1cc(NS(=O)(=O)c2cc(Br)cc(C(=O)O)c2F)n[nH]1. The normalized spacial score (nSPS) is 11.4. The van der Waals surface area contributed by atoms with Crippen LogP contribution in [-0.2, 0) is 10.0 Å². The van der Waals surface area contributed by atoms with Gasteiger partial charge in [0.25, 0.3) is 10.0 Å². The number of aromatic carboxylic acids is 1. The first-order valence-corrected chi connectivity index (χ1v) is 7.75. The Labute approximate surface area is 127 Å². The lowest BCUT2D eigenvalue weighted by Gasteiger charge is -2.09. The molecule has 0 saturated heterocycles. The second-order valence-electron chi connectivity index (χ2n) is 4.11. The van der Waals surface area contributed by atoms with Gasteiger partial charge < -0.3 is 5.11 Å². The van der Waals surface area contributed by atoms with Crippen LogP contribution in [0.4, 0.5) is 10.2 Å². The van der Waals surface area contributed by atoms with Crippen molar-refractivity contribution in [2.75, 3.05) is 4.72 Å². The van der Waals surface area contributed by atoms with Crippen molar-refractivity contribution in [3.8, 4) is 0 Å². The summed E-state index contributed by atoms with van der Waals surface area (Å²) in [4.78, 5) is 10.1. The van der Waals surface area contributed by atoms with Gasteiger partial charge in [0.1, 0.15) is 4.90 Å². The number of aryl methyl sites for hydroxylation is 1. The Morgan fingerprint density at radius 2 is 2.10 bits per heavy atom. The number of sulfonamides is 1. The van der Waals surface area contributed by atoms with Crippen LogP contribution in [0.2, 0.25) is 0 Å². The molecule has 1 aromatic heterocycles. The lowest BCUT2D eigenvalue weighted by molar-refractivity contribution is 0.0691. The number of carboxylic acid groups (broad SMARTS) is 1. The molecule has 0 aliphatic rings. The van der Waals surface area contributed by atoms with Gasteiger partial charge in [-0.15, -0.1) is 0 Å². The molecule has 7 nitrogen and oxygen atoms in total. The summed E-state index contributed by atoms with van der Waals surface area (Å²) in [7, 11) is -4.31. The molecule has 0 atom stereocenters. The number of carboxylic acids is 1. The minimum Gasteiger partial charge on any atom is -0.478 e. The molecule has 0 amide bonds. The second kappa shape index (κ2) is 5.45. The molecule has 112 valence electrons. The number of rotatable bonds is 4. The van der Waals surface area contributed by atoms with Crippen molar-refractivity contribution in [3.05, 3.63) is 39.7 Å². The lowest BCUT2D eigenvalue weighted by Crippen LogP contribution is -2.17. The predicted octanol–water partition coefficient (Wildman–Crippen LogP) is 2.12. The highest BCUT2D eigenvalue weighted by Gasteiger charge is 2.25. The van der Waals surface area contributed by atoms with Gasteiger partial charge in [-0.2, -0.15) is 5.10 Å². The Balaban J connectivity index is 2.52. The summed E-state index contributed by atoms with van der Waals surface area (Å²) in [5.41, 5.74) is -0.142. The Morgan fingerprint density at radius 3 is 2.62 bits per heavy atom. The van der Waals surface area contributed by atoms with Crippen LogP contribution >= 0.6 is 15.9 Å². The van der Waals surface area contributed by atoms with Crippen molar-refractivity contribution in [1.29, 1.82) is 0 Å². The number of aromatic amines is 1. The van der Waals surface area contributed by atoms with E-state index in [1.165, 1.54) is 6.07 Å². The first-order chi connectivity index (χ1) is 9.70. The highest BCUT2D eigenvalue weighted by molar-refractivity contribution is 9.10. The van der Waals surface area contributed by atoms with E-state index >= 15 is 0 Å². The maximum absolute atomic E-state index is 14.1. The predicted molar refractivity (Wildman–Crippen MR) is 75.2 cm³/mol. The molecule has 1 aromatic carbocycles. The van der Waals surface area contributed by atoms with Gasteiger partial charge in [0.15, 0.2) is 11.6 Å². The number of H-pyrrole nitrogens is 1. The molecule has 0 spiro atoms. The molecule has 0 radical (unpaired) electrons. The van der Waals surface area contributed by atoms with Crippen LogP contribution in [0.3, 0.4) is 0 Å². The summed E-state index contributed by atoms with van der Waals surface area (Å²) in [5, 5.41) is 15.1. The second-order valence-corrected chi connectivity index (χ2v) is 6.68. The topological polar surface area (TPSA) is 112 Å². The summed E-state index contributed by atoms with van der Waals surface area (Å²) >= 11 is 2.95. The average Bonchev–Trinajstić information content (AvgIpc) is 2.76. The van der Waals surface area contributed by atoms with Crippen LogP contribution in [-0.4, -0.2) is 29.7 Å². The van der Waals surface area contributed by atoms with Gasteiger partial charge in [-0.05, 0) is 19.1 Å². The molecule has 21 heavy (non-hydrogen) atoms. The number of anilines is 1. The van der Waals surface area contributed by atoms with Gasteiger partial charge in [-0.25, -0.2) is 17.6 Å². The van der Waals surface area contributed by atoms with Crippen LogP contribution in [0.1, 0.15) is 16.1 Å². The van der Waals surface area contributed by atoms with E-state index in [1.54, 1.807) is 6.92 Å². The molecular weight excluding hydrogens is 369 g/mol. The lowest BCUT2D eigenvalue weighted by atomic mass is 10.2. The first kappa shape index (κ1) is 15.4. The first-order valence-electron chi connectivity index (χ1n) is 5.48. The number of aromatic nitrogens is 2. The monoisotopic (exact) mass is 377 g/mol. The van der Waals surface area contributed by atoms with Crippen LogP contribution in [0.15, 0.2) is 27.6 Å². The van der Waals surface area contributed by atoms with Crippen molar-refractivity contribution >= 4 is 37.7 Å². The number of benzene rings is 1. The molecular formula is C11H9BrFN3O4S. The molecule has 2 aromatic rings. The zero-order valence-electron chi connectivity index (χ0n) is 10.5. The third-order valence-corrected chi connectivity index (χ3v) is 4.28. The van der Waals surface area contributed by atoms with E-state index in [0.29, 0.717) is 5.69 Å². The average molecular weight is 378 g/mol. The molecule has 1 heterocycles. The van der Waals surface area contributed by atoms with Gasteiger partial charge >= 0.3 is 5.97 Å². The molecule has 0 unspecified atom stereocenters. The zero-order chi connectivity index (χ0) is 15.8. The highest BCUT2D eigenvalue weighted by atomic mass is 79.9. The minimum absolute atomic E-state index is 0.0243. The number of hydrogen-bond acceptors (Lipinski definition) is 4. The number of nitrogens with zero attached hydrogens (tertiary/aromatic N) is 1. The number of hydrogen-bond donors (Lipinski definition) is 3. The van der Waals surface area contributed by atoms with Crippen LogP contribution in [0.25, 0.3) is 0 Å². The molecule has 0 fully saturated rings.